The Hall–Kier alpha value is -3.07. The van der Waals surface area contributed by atoms with E-state index in [2.05, 4.69) is 38.8 Å². The molecule has 2 aromatic heterocycles. The Kier molecular flexibility index (Phi) is 9.93. The van der Waals surface area contributed by atoms with Crippen LogP contribution < -0.4 is 4.74 Å². The molecule has 36 heavy (non-hydrogen) atoms. The average Bonchev–Trinajstić information content (AvgIpc) is 3.18. The van der Waals surface area contributed by atoms with Crippen molar-refractivity contribution >= 4 is 23.7 Å². The van der Waals surface area contributed by atoms with Gasteiger partial charge >= 0.3 is 24.3 Å². The van der Waals surface area contributed by atoms with Gasteiger partial charge in [-0.3, -0.25) is 9.88 Å². The summed E-state index contributed by atoms with van der Waals surface area (Å²) < 4.78 is 69.9. The molecule has 0 aromatic carbocycles. The van der Waals surface area contributed by atoms with E-state index < -0.39 is 24.3 Å². The van der Waals surface area contributed by atoms with Gasteiger partial charge < -0.3 is 14.9 Å². The summed E-state index contributed by atoms with van der Waals surface area (Å²) in [6.07, 6.45) is -5.11. The topological polar surface area (TPSA) is 113 Å². The van der Waals surface area contributed by atoms with Gasteiger partial charge in [0.15, 0.2) is 0 Å². The fourth-order valence-electron chi connectivity index (χ4n) is 3.29. The highest BCUT2D eigenvalue weighted by Crippen LogP contribution is 2.46. The SMILES string of the molecule is O=C(O)C(F)(F)F.O=C(O)C(F)(F)F.c1ccc(CN2CC3(CC(Oc4ccccn4)CS3)C2)nc1. The van der Waals surface area contributed by atoms with Gasteiger partial charge in [0, 0.05) is 55.0 Å². The molecular weight excluding hydrogens is 520 g/mol. The second-order valence-corrected chi connectivity index (χ2v) is 9.17. The molecule has 2 aliphatic rings. The number of carbonyl (C=O) groups is 2. The molecule has 2 aliphatic heterocycles. The monoisotopic (exact) mass is 541 g/mol. The van der Waals surface area contributed by atoms with Gasteiger partial charge in [-0.2, -0.15) is 26.3 Å². The number of nitrogens with zero attached hydrogens (tertiary/aromatic N) is 3. The summed E-state index contributed by atoms with van der Waals surface area (Å²) in [6, 6.07) is 11.9. The lowest BCUT2D eigenvalue weighted by molar-refractivity contribution is -0.193. The lowest BCUT2D eigenvalue weighted by Crippen LogP contribution is -2.58. The van der Waals surface area contributed by atoms with E-state index in [1.165, 1.54) is 0 Å². The Balaban J connectivity index is 0.000000271. The molecule has 2 fully saturated rings. The van der Waals surface area contributed by atoms with Crippen molar-refractivity contribution in [2.75, 3.05) is 18.8 Å². The molecule has 2 saturated heterocycles. The number of carboxylic acids is 2. The van der Waals surface area contributed by atoms with Crippen molar-refractivity contribution in [3.05, 3.63) is 54.5 Å². The molecule has 8 nitrogen and oxygen atoms in total. The van der Waals surface area contributed by atoms with E-state index in [1.54, 1.807) is 6.20 Å². The molecular formula is C21H21F6N3O5S. The van der Waals surface area contributed by atoms with Crippen LogP contribution in [0.1, 0.15) is 12.1 Å². The molecule has 2 N–H and O–H groups in total. The van der Waals surface area contributed by atoms with Crippen molar-refractivity contribution in [1.29, 1.82) is 0 Å². The standard InChI is InChI=1S/C17H19N3OS.2C2HF3O2/c1-3-7-18-14(5-1)10-20-12-17(13-20)9-15(11-22-17)21-16-6-2-4-8-19-16;2*3-2(4,5)1(6)7/h1-8,15H,9-13H2;2*(H,6,7). The molecule has 0 saturated carbocycles. The number of likely N-dealkylation sites (tertiary alicyclic amines) is 1. The smallest absolute Gasteiger partial charge is 0.475 e. The Morgan fingerprint density at radius 1 is 0.972 bits per heavy atom. The van der Waals surface area contributed by atoms with Crippen molar-refractivity contribution in [3.8, 4) is 5.88 Å². The molecule has 198 valence electrons. The normalized spacial score (nSPS) is 18.7. The van der Waals surface area contributed by atoms with Gasteiger partial charge in [0.25, 0.3) is 0 Å². The summed E-state index contributed by atoms with van der Waals surface area (Å²) in [5, 5.41) is 14.2. The van der Waals surface area contributed by atoms with Crippen LogP contribution in [0, 0.1) is 0 Å². The molecule has 2 aromatic rings. The van der Waals surface area contributed by atoms with Gasteiger partial charge in [-0.05, 0) is 18.2 Å². The summed E-state index contributed by atoms with van der Waals surface area (Å²) in [5.74, 6) is -3.71. The minimum absolute atomic E-state index is 0.289. The number of carboxylic acid groups (broad SMARTS) is 2. The van der Waals surface area contributed by atoms with Crippen molar-refractivity contribution in [1.82, 2.24) is 14.9 Å². The van der Waals surface area contributed by atoms with Crippen LogP contribution in [-0.4, -0.2) is 79.1 Å². The number of thioether (sulfide) groups is 1. The third-order valence-electron chi connectivity index (χ3n) is 4.72. The Morgan fingerprint density at radius 2 is 1.50 bits per heavy atom. The molecule has 0 radical (unpaired) electrons. The van der Waals surface area contributed by atoms with Gasteiger partial charge in [0.1, 0.15) is 6.10 Å². The number of aliphatic carboxylic acids is 2. The average molecular weight is 541 g/mol. The number of hydrogen-bond donors (Lipinski definition) is 2. The number of aromatic nitrogens is 2. The predicted molar refractivity (Wildman–Crippen MR) is 115 cm³/mol. The lowest BCUT2D eigenvalue weighted by atomic mass is 9.93. The highest BCUT2D eigenvalue weighted by Gasteiger charge is 2.49. The van der Waals surface area contributed by atoms with E-state index >= 15 is 0 Å². The molecule has 0 bridgehead atoms. The first-order valence-corrected chi connectivity index (χ1v) is 11.1. The number of alkyl halides is 6. The quantitative estimate of drug-likeness (QED) is 0.557. The minimum Gasteiger partial charge on any atom is -0.475 e. The fourth-order valence-corrected chi connectivity index (χ4v) is 4.86. The zero-order chi connectivity index (χ0) is 27.0. The van der Waals surface area contributed by atoms with E-state index in [0.29, 0.717) is 4.75 Å². The molecule has 0 amide bonds. The zero-order valence-electron chi connectivity index (χ0n) is 18.4. The highest BCUT2D eigenvalue weighted by atomic mass is 32.2. The summed E-state index contributed by atoms with van der Waals surface area (Å²) in [4.78, 5) is 28.9. The number of ether oxygens (including phenoxy) is 1. The maximum Gasteiger partial charge on any atom is 0.490 e. The van der Waals surface area contributed by atoms with Crippen molar-refractivity contribution in [2.45, 2.75) is 36.2 Å². The maximum absolute atomic E-state index is 10.6. The number of halogens is 6. The number of hydrogen-bond acceptors (Lipinski definition) is 7. The van der Waals surface area contributed by atoms with E-state index in [9.17, 15) is 26.3 Å². The Labute approximate surface area is 205 Å². The molecule has 4 rings (SSSR count). The molecule has 1 spiro atoms. The van der Waals surface area contributed by atoms with Gasteiger partial charge in [0.05, 0.1) is 5.69 Å². The first-order valence-electron chi connectivity index (χ1n) is 10.1. The fraction of sp³-hybridized carbons (Fsp3) is 0.429. The summed E-state index contributed by atoms with van der Waals surface area (Å²) >= 11 is 2.06. The van der Waals surface area contributed by atoms with Crippen LogP contribution in [0.25, 0.3) is 0 Å². The number of rotatable bonds is 4. The van der Waals surface area contributed by atoms with Crippen LogP contribution in [0.2, 0.25) is 0 Å². The zero-order valence-corrected chi connectivity index (χ0v) is 19.2. The van der Waals surface area contributed by atoms with Gasteiger partial charge in [-0.15, -0.1) is 11.8 Å². The van der Waals surface area contributed by atoms with Gasteiger partial charge in [-0.25, -0.2) is 14.6 Å². The van der Waals surface area contributed by atoms with E-state index in [4.69, 9.17) is 24.5 Å². The van der Waals surface area contributed by atoms with Crippen molar-refractivity contribution in [3.63, 3.8) is 0 Å². The van der Waals surface area contributed by atoms with Crippen LogP contribution in [0.3, 0.4) is 0 Å². The maximum atomic E-state index is 10.6. The van der Waals surface area contributed by atoms with Crippen LogP contribution in [-0.2, 0) is 16.1 Å². The van der Waals surface area contributed by atoms with Crippen molar-refractivity contribution < 1.29 is 50.9 Å². The molecule has 0 aliphatic carbocycles. The van der Waals surface area contributed by atoms with E-state index in [-0.39, 0.29) is 6.10 Å². The predicted octanol–water partition coefficient (Wildman–Crippen LogP) is 3.88. The van der Waals surface area contributed by atoms with Crippen molar-refractivity contribution in [2.24, 2.45) is 0 Å². The third-order valence-corrected chi connectivity index (χ3v) is 6.30. The first-order chi connectivity index (χ1) is 16.7. The second kappa shape index (κ2) is 12.3. The summed E-state index contributed by atoms with van der Waals surface area (Å²) in [5.41, 5.74) is 1.15. The van der Waals surface area contributed by atoms with Crippen LogP contribution in [0.5, 0.6) is 5.88 Å². The second-order valence-electron chi connectivity index (χ2n) is 7.68. The number of pyridine rings is 2. The third kappa shape index (κ3) is 9.53. The Bertz CT molecular complexity index is 965. The largest absolute Gasteiger partial charge is 0.490 e. The lowest BCUT2D eigenvalue weighted by Gasteiger charge is -2.47. The van der Waals surface area contributed by atoms with Gasteiger partial charge in [-0.1, -0.05) is 12.1 Å². The van der Waals surface area contributed by atoms with Crippen LogP contribution in [0.4, 0.5) is 26.3 Å². The summed E-state index contributed by atoms with van der Waals surface area (Å²) in [6.45, 7) is 3.22. The molecule has 1 atom stereocenters. The molecule has 15 heteroatoms. The Morgan fingerprint density at radius 3 is 1.94 bits per heavy atom. The first kappa shape index (κ1) is 29.2. The van der Waals surface area contributed by atoms with Crippen LogP contribution >= 0.6 is 11.8 Å². The van der Waals surface area contributed by atoms with Crippen LogP contribution in [0.15, 0.2) is 48.8 Å². The summed E-state index contributed by atoms with van der Waals surface area (Å²) in [7, 11) is 0. The molecule has 4 heterocycles. The molecule has 1 unspecified atom stereocenters. The minimum atomic E-state index is -5.08. The van der Waals surface area contributed by atoms with E-state index in [1.807, 2.05) is 30.5 Å². The van der Waals surface area contributed by atoms with E-state index in [0.717, 1.165) is 43.4 Å². The van der Waals surface area contributed by atoms with Gasteiger partial charge in [0.2, 0.25) is 5.88 Å². The highest BCUT2D eigenvalue weighted by molar-refractivity contribution is 8.01.